The molecule has 0 spiro atoms. The average molecular weight is 419 g/mol. The quantitative estimate of drug-likeness (QED) is 0.808. The Labute approximate surface area is 173 Å². The molecule has 1 fully saturated rings. The molecule has 2 aromatic rings. The van der Waals surface area contributed by atoms with Crippen LogP contribution in [0, 0.1) is 33.6 Å². The second kappa shape index (κ2) is 8.28. The van der Waals surface area contributed by atoms with Gasteiger partial charge < -0.3 is 5.32 Å². The molecular formula is C21H30N4O3S. The second-order valence-electron chi connectivity index (χ2n) is 8.06. The Morgan fingerprint density at radius 1 is 1.14 bits per heavy atom. The van der Waals surface area contributed by atoms with E-state index in [2.05, 4.69) is 17.3 Å². The molecule has 0 saturated carbocycles. The van der Waals surface area contributed by atoms with Crippen molar-refractivity contribution in [1.82, 2.24) is 14.1 Å². The summed E-state index contributed by atoms with van der Waals surface area (Å²) >= 11 is 0. The minimum Gasteiger partial charge on any atom is -0.324 e. The van der Waals surface area contributed by atoms with Crippen molar-refractivity contribution in [2.24, 2.45) is 5.92 Å². The van der Waals surface area contributed by atoms with E-state index in [9.17, 15) is 13.2 Å². The van der Waals surface area contributed by atoms with Crippen LogP contribution in [0.3, 0.4) is 0 Å². The van der Waals surface area contributed by atoms with Crippen LogP contribution in [0.15, 0.2) is 23.1 Å². The first kappa shape index (κ1) is 21.5. The summed E-state index contributed by atoms with van der Waals surface area (Å²) in [5.41, 5.74) is 3.68. The molecule has 29 heavy (non-hydrogen) atoms. The summed E-state index contributed by atoms with van der Waals surface area (Å²) in [4.78, 5) is 12.8. The molecule has 1 saturated heterocycles. The number of sulfonamides is 1. The fourth-order valence-corrected chi connectivity index (χ4v) is 5.73. The third-order valence-corrected chi connectivity index (χ3v) is 7.85. The van der Waals surface area contributed by atoms with Gasteiger partial charge >= 0.3 is 0 Å². The first-order valence-corrected chi connectivity index (χ1v) is 11.5. The maximum absolute atomic E-state index is 13.2. The maximum atomic E-state index is 13.2. The topological polar surface area (TPSA) is 84.3 Å². The van der Waals surface area contributed by atoms with Gasteiger partial charge in [-0.2, -0.15) is 9.40 Å². The normalized spacial score (nSPS) is 16.2. The standard InChI is InChI=1S/C21H30N4O3S/c1-14-9-11-24(12-10-14)29(27,28)21-17(4)23-25(18(21)5)13-19(26)22-20-15(2)7-6-8-16(20)3/h6-8,14H,9-13H2,1-5H3,(H,22,26). The number of piperidine rings is 1. The van der Waals surface area contributed by atoms with Gasteiger partial charge in [-0.3, -0.25) is 9.48 Å². The van der Waals surface area contributed by atoms with Crippen LogP contribution in [-0.4, -0.2) is 41.5 Å². The molecule has 0 bridgehead atoms. The number of nitrogens with zero attached hydrogens (tertiary/aromatic N) is 3. The summed E-state index contributed by atoms with van der Waals surface area (Å²) in [6.45, 7) is 10.5. The van der Waals surface area contributed by atoms with Crippen molar-refractivity contribution in [3.63, 3.8) is 0 Å². The van der Waals surface area contributed by atoms with Crippen LogP contribution >= 0.6 is 0 Å². The summed E-state index contributed by atoms with van der Waals surface area (Å²) in [7, 11) is -3.62. The van der Waals surface area contributed by atoms with Crippen molar-refractivity contribution in [1.29, 1.82) is 0 Å². The van der Waals surface area contributed by atoms with Crippen LogP contribution < -0.4 is 5.32 Å². The SMILES string of the molecule is Cc1cccc(C)c1NC(=O)Cn1nc(C)c(S(=O)(=O)N2CCC(C)CC2)c1C. The Morgan fingerprint density at radius 3 is 2.31 bits per heavy atom. The lowest BCUT2D eigenvalue weighted by Gasteiger charge is -2.29. The van der Waals surface area contributed by atoms with E-state index < -0.39 is 10.0 Å². The largest absolute Gasteiger partial charge is 0.324 e. The molecule has 1 aromatic carbocycles. The zero-order valence-electron chi connectivity index (χ0n) is 17.8. The van der Waals surface area contributed by atoms with Crippen molar-refractivity contribution >= 4 is 21.6 Å². The number of nitrogens with one attached hydrogen (secondary N) is 1. The molecular weight excluding hydrogens is 388 g/mol. The molecule has 1 N–H and O–H groups in total. The average Bonchev–Trinajstić information content (AvgIpc) is 2.92. The number of anilines is 1. The third-order valence-electron chi connectivity index (χ3n) is 5.69. The van der Waals surface area contributed by atoms with Gasteiger partial charge in [-0.25, -0.2) is 8.42 Å². The Balaban J connectivity index is 1.81. The van der Waals surface area contributed by atoms with E-state index in [-0.39, 0.29) is 17.3 Å². The van der Waals surface area contributed by atoms with E-state index in [0.29, 0.717) is 30.4 Å². The van der Waals surface area contributed by atoms with E-state index in [1.54, 1.807) is 18.2 Å². The van der Waals surface area contributed by atoms with E-state index >= 15 is 0 Å². The van der Waals surface area contributed by atoms with Gasteiger partial charge in [-0.15, -0.1) is 0 Å². The highest BCUT2D eigenvalue weighted by atomic mass is 32.2. The Hall–Kier alpha value is -2.19. The van der Waals surface area contributed by atoms with Crippen molar-refractivity contribution in [2.75, 3.05) is 18.4 Å². The number of amides is 1. The second-order valence-corrected chi connectivity index (χ2v) is 9.93. The minimum atomic E-state index is -3.62. The number of carbonyl (C=O) groups is 1. The zero-order valence-corrected chi connectivity index (χ0v) is 18.6. The summed E-state index contributed by atoms with van der Waals surface area (Å²) in [5.74, 6) is 0.309. The van der Waals surface area contributed by atoms with Gasteiger partial charge in [-0.1, -0.05) is 25.1 Å². The summed E-state index contributed by atoms with van der Waals surface area (Å²) in [6.07, 6.45) is 1.73. The van der Waals surface area contributed by atoms with Crippen LogP contribution in [0.5, 0.6) is 0 Å². The van der Waals surface area contributed by atoms with E-state index in [1.165, 1.54) is 4.68 Å². The van der Waals surface area contributed by atoms with Gasteiger partial charge in [0.15, 0.2) is 0 Å². The van der Waals surface area contributed by atoms with E-state index in [4.69, 9.17) is 0 Å². The highest BCUT2D eigenvalue weighted by molar-refractivity contribution is 7.89. The molecule has 2 heterocycles. The van der Waals surface area contributed by atoms with E-state index in [0.717, 1.165) is 29.7 Å². The number of hydrogen-bond acceptors (Lipinski definition) is 4. The Kier molecular flexibility index (Phi) is 6.14. The van der Waals surface area contributed by atoms with Gasteiger partial charge in [0.1, 0.15) is 11.4 Å². The first-order valence-electron chi connectivity index (χ1n) is 10.0. The highest BCUT2D eigenvalue weighted by Crippen LogP contribution is 2.27. The van der Waals surface area contributed by atoms with E-state index in [1.807, 2.05) is 32.0 Å². The fourth-order valence-electron chi connectivity index (χ4n) is 3.89. The summed E-state index contributed by atoms with van der Waals surface area (Å²) in [6, 6.07) is 5.83. The molecule has 3 rings (SSSR count). The first-order chi connectivity index (χ1) is 13.6. The third kappa shape index (κ3) is 4.38. The van der Waals surface area contributed by atoms with Crippen molar-refractivity contribution in [3.05, 3.63) is 40.7 Å². The number of aromatic nitrogens is 2. The van der Waals surface area contributed by atoms with Gasteiger partial charge in [-0.05, 0) is 57.6 Å². The summed E-state index contributed by atoms with van der Waals surface area (Å²) in [5, 5.41) is 7.29. The molecule has 1 aliphatic heterocycles. The lowest BCUT2D eigenvalue weighted by Crippen LogP contribution is -2.38. The molecule has 7 nitrogen and oxygen atoms in total. The number of carbonyl (C=O) groups excluding carboxylic acids is 1. The highest BCUT2D eigenvalue weighted by Gasteiger charge is 2.33. The van der Waals surface area contributed by atoms with Crippen LogP contribution in [0.25, 0.3) is 0 Å². The van der Waals surface area contributed by atoms with Crippen molar-refractivity contribution in [2.45, 2.75) is 58.9 Å². The molecule has 1 aliphatic rings. The van der Waals surface area contributed by atoms with Crippen LogP contribution in [0.1, 0.15) is 42.3 Å². The predicted molar refractivity (Wildman–Crippen MR) is 113 cm³/mol. The molecule has 1 aromatic heterocycles. The predicted octanol–water partition coefficient (Wildman–Crippen LogP) is 3.18. The molecule has 1 amide bonds. The monoisotopic (exact) mass is 418 g/mol. The van der Waals surface area contributed by atoms with Gasteiger partial charge in [0.25, 0.3) is 0 Å². The van der Waals surface area contributed by atoms with Crippen LogP contribution in [0.2, 0.25) is 0 Å². The zero-order chi connectivity index (χ0) is 21.3. The number of aryl methyl sites for hydroxylation is 3. The number of rotatable bonds is 5. The smallest absolute Gasteiger partial charge is 0.246 e. The number of hydrogen-bond donors (Lipinski definition) is 1. The minimum absolute atomic E-state index is 0.0347. The number of benzene rings is 1. The van der Waals surface area contributed by atoms with Crippen LogP contribution in [0.4, 0.5) is 5.69 Å². The Bertz CT molecular complexity index is 999. The Morgan fingerprint density at radius 2 is 1.72 bits per heavy atom. The number of para-hydroxylation sites is 1. The maximum Gasteiger partial charge on any atom is 0.246 e. The molecule has 0 unspecified atom stereocenters. The van der Waals surface area contributed by atoms with Crippen molar-refractivity contribution < 1.29 is 13.2 Å². The summed E-state index contributed by atoms with van der Waals surface area (Å²) < 4.78 is 29.4. The van der Waals surface area contributed by atoms with Gasteiger partial charge in [0, 0.05) is 18.8 Å². The molecule has 0 radical (unpaired) electrons. The fraction of sp³-hybridized carbons (Fsp3) is 0.524. The van der Waals surface area contributed by atoms with Crippen LogP contribution in [-0.2, 0) is 21.4 Å². The lowest BCUT2D eigenvalue weighted by atomic mass is 10.0. The molecule has 0 aliphatic carbocycles. The van der Waals surface area contributed by atoms with Gasteiger partial charge in [0.05, 0.1) is 11.4 Å². The lowest BCUT2D eigenvalue weighted by molar-refractivity contribution is -0.117. The van der Waals surface area contributed by atoms with Crippen molar-refractivity contribution in [3.8, 4) is 0 Å². The molecule has 8 heteroatoms. The van der Waals surface area contributed by atoms with Gasteiger partial charge in [0.2, 0.25) is 15.9 Å². The molecule has 0 atom stereocenters. The molecule has 158 valence electrons.